The van der Waals surface area contributed by atoms with Crippen LogP contribution in [0.4, 0.5) is 0 Å². The Bertz CT molecular complexity index is 516. The van der Waals surface area contributed by atoms with Crippen molar-refractivity contribution < 1.29 is 5.11 Å². The van der Waals surface area contributed by atoms with E-state index in [4.69, 9.17) is 0 Å². The van der Waals surface area contributed by atoms with Crippen LogP contribution in [-0.2, 0) is 5.60 Å². The van der Waals surface area contributed by atoms with Gasteiger partial charge in [0.2, 0.25) is 0 Å². The summed E-state index contributed by atoms with van der Waals surface area (Å²) >= 11 is 0. The number of hydrogen-bond acceptors (Lipinski definition) is 2. The minimum absolute atomic E-state index is 0.167. The zero-order valence-electron chi connectivity index (χ0n) is 10.6. The Kier molecular flexibility index (Phi) is 3.16. The average molecular weight is 229 g/mol. The molecule has 0 aliphatic carbocycles. The first kappa shape index (κ1) is 12.1. The van der Waals surface area contributed by atoms with Crippen molar-refractivity contribution >= 4 is 10.9 Å². The van der Waals surface area contributed by atoms with Crippen LogP contribution in [-0.4, -0.2) is 10.1 Å². The Labute approximate surface area is 102 Å². The van der Waals surface area contributed by atoms with Gasteiger partial charge in [-0.25, -0.2) is 0 Å². The number of hydrogen-bond donors (Lipinski definition) is 1. The van der Waals surface area contributed by atoms with E-state index in [2.05, 4.69) is 4.98 Å². The van der Waals surface area contributed by atoms with Crippen molar-refractivity contribution in [1.29, 1.82) is 0 Å². The fourth-order valence-electron chi connectivity index (χ4n) is 2.36. The van der Waals surface area contributed by atoms with E-state index in [9.17, 15) is 5.11 Å². The van der Waals surface area contributed by atoms with Gasteiger partial charge < -0.3 is 5.11 Å². The predicted octanol–water partition coefficient (Wildman–Crippen LogP) is 3.49. The van der Waals surface area contributed by atoms with Gasteiger partial charge in [-0.1, -0.05) is 45.0 Å². The largest absolute Gasteiger partial charge is 0.385 e. The number of nitrogens with zero attached hydrogens (tertiary/aromatic N) is 1. The van der Waals surface area contributed by atoms with E-state index in [0.717, 1.165) is 16.5 Å². The molecule has 0 fully saturated rings. The number of rotatable bonds is 3. The summed E-state index contributed by atoms with van der Waals surface area (Å²) in [6.07, 6.45) is 2.47. The van der Waals surface area contributed by atoms with Gasteiger partial charge in [-0.2, -0.15) is 0 Å². The molecular weight excluding hydrogens is 210 g/mol. The molecule has 2 aromatic rings. The second-order valence-corrected chi connectivity index (χ2v) is 4.81. The molecule has 0 saturated carbocycles. The third kappa shape index (κ3) is 1.93. The number of fused-ring (bicyclic) bond motifs is 1. The van der Waals surface area contributed by atoms with E-state index < -0.39 is 5.60 Å². The summed E-state index contributed by atoms with van der Waals surface area (Å²) in [5, 5.41) is 11.9. The molecule has 0 spiro atoms. The molecule has 0 saturated heterocycles. The van der Waals surface area contributed by atoms with Crippen LogP contribution in [0.2, 0.25) is 0 Å². The molecule has 2 nitrogen and oxygen atoms in total. The van der Waals surface area contributed by atoms with E-state index in [1.807, 2.05) is 51.1 Å². The molecule has 0 amide bonds. The Morgan fingerprint density at radius 3 is 2.59 bits per heavy atom. The summed E-state index contributed by atoms with van der Waals surface area (Å²) in [7, 11) is 0. The number of aromatic nitrogens is 1. The molecule has 2 rings (SSSR count). The molecule has 1 N–H and O–H groups in total. The van der Waals surface area contributed by atoms with Crippen LogP contribution < -0.4 is 0 Å². The Morgan fingerprint density at radius 1 is 1.24 bits per heavy atom. The molecule has 1 unspecified atom stereocenters. The molecule has 90 valence electrons. The van der Waals surface area contributed by atoms with Gasteiger partial charge >= 0.3 is 0 Å². The number of aliphatic hydroxyl groups is 1. The van der Waals surface area contributed by atoms with Crippen LogP contribution in [0, 0.1) is 5.92 Å². The van der Waals surface area contributed by atoms with Gasteiger partial charge in [0.25, 0.3) is 0 Å². The lowest BCUT2D eigenvalue weighted by molar-refractivity contribution is -0.0127. The van der Waals surface area contributed by atoms with E-state index >= 15 is 0 Å². The molecule has 1 aromatic heterocycles. The molecule has 0 aliphatic rings. The van der Waals surface area contributed by atoms with Gasteiger partial charge in [-0.05, 0) is 18.4 Å². The standard InChI is InChI=1S/C15H19NO/c1-4-15(17,11(2)3)13-9-5-7-12-8-6-10-16-14(12)13/h5-11,17H,4H2,1-3H3. The first-order valence-corrected chi connectivity index (χ1v) is 6.16. The molecule has 0 bridgehead atoms. The van der Waals surface area contributed by atoms with Crippen molar-refractivity contribution in [2.24, 2.45) is 5.92 Å². The van der Waals surface area contributed by atoms with Crippen LogP contribution in [0.1, 0.15) is 32.8 Å². The van der Waals surface area contributed by atoms with E-state index in [1.54, 1.807) is 6.20 Å². The summed E-state index contributed by atoms with van der Waals surface area (Å²) in [6.45, 7) is 6.11. The van der Waals surface area contributed by atoms with Gasteiger partial charge in [0, 0.05) is 17.1 Å². The van der Waals surface area contributed by atoms with Crippen LogP contribution in [0.3, 0.4) is 0 Å². The van der Waals surface area contributed by atoms with Crippen molar-refractivity contribution in [2.45, 2.75) is 32.8 Å². The smallest absolute Gasteiger partial charge is 0.0937 e. The van der Waals surface area contributed by atoms with E-state index in [-0.39, 0.29) is 5.92 Å². The van der Waals surface area contributed by atoms with Gasteiger partial charge in [-0.3, -0.25) is 4.98 Å². The number of para-hydroxylation sites is 1. The van der Waals surface area contributed by atoms with Crippen LogP contribution in [0.5, 0.6) is 0 Å². The second-order valence-electron chi connectivity index (χ2n) is 4.81. The molecule has 0 radical (unpaired) electrons. The molecule has 1 aromatic carbocycles. The number of pyridine rings is 1. The average Bonchev–Trinajstić information content (AvgIpc) is 2.37. The Morgan fingerprint density at radius 2 is 1.94 bits per heavy atom. The third-order valence-electron chi connectivity index (χ3n) is 3.59. The first-order chi connectivity index (χ1) is 8.09. The maximum Gasteiger partial charge on any atom is 0.0937 e. The summed E-state index contributed by atoms with van der Waals surface area (Å²) in [5.74, 6) is 0.167. The fourth-order valence-corrected chi connectivity index (χ4v) is 2.36. The monoisotopic (exact) mass is 229 g/mol. The van der Waals surface area contributed by atoms with Crippen molar-refractivity contribution in [1.82, 2.24) is 4.98 Å². The molecule has 2 heteroatoms. The maximum atomic E-state index is 10.8. The van der Waals surface area contributed by atoms with Gasteiger partial charge in [0.15, 0.2) is 0 Å². The second kappa shape index (κ2) is 4.46. The lowest BCUT2D eigenvalue weighted by Crippen LogP contribution is -2.31. The zero-order valence-corrected chi connectivity index (χ0v) is 10.6. The number of benzene rings is 1. The molecule has 1 atom stereocenters. The van der Waals surface area contributed by atoms with Crippen LogP contribution >= 0.6 is 0 Å². The lowest BCUT2D eigenvalue weighted by atomic mass is 9.80. The minimum atomic E-state index is -0.798. The third-order valence-corrected chi connectivity index (χ3v) is 3.59. The maximum absolute atomic E-state index is 10.8. The van der Waals surface area contributed by atoms with Crippen LogP contribution in [0.15, 0.2) is 36.5 Å². The van der Waals surface area contributed by atoms with Gasteiger partial charge in [0.05, 0.1) is 11.1 Å². The minimum Gasteiger partial charge on any atom is -0.385 e. The molecule has 17 heavy (non-hydrogen) atoms. The quantitative estimate of drug-likeness (QED) is 0.874. The van der Waals surface area contributed by atoms with Crippen LogP contribution in [0.25, 0.3) is 10.9 Å². The van der Waals surface area contributed by atoms with Gasteiger partial charge in [0.1, 0.15) is 0 Å². The summed E-state index contributed by atoms with van der Waals surface area (Å²) in [4.78, 5) is 4.42. The van der Waals surface area contributed by atoms with Crippen molar-refractivity contribution in [3.05, 3.63) is 42.1 Å². The summed E-state index contributed by atoms with van der Waals surface area (Å²) in [5.41, 5.74) is 1.05. The van der Waals surface area contributed by atoms with Crippen molar-refractivity contribution in [3.8, 4) is 0 Å². The highest BCUT2D eigenvalue weighted by atomic mass is 16.3. The summed E-state index contributed by atoms with van der Waals surface area (Å²) in [6, 6.07) is 9.96. The molecule has 1 heterocycles. The normalized spacial score (nSPS) is 15.1. The SMILES string of the molecule is CCC(O)(c1cccc2cccnc12)C(C)C. The van der Waals surface area contributed by atoms with Gasteiger partial charge in [-0.15, -0.1) is 0 Å². The highest BCUT2D eigenvalue weighted by molar-refractivity contribution is 5.82. The highest BCUT2D eigenvalue weighted by Gasteiger charge is 2.32. The van der Waals surface area contributed by atoms with Crippen molar-refractivity contribution in [2.75, 3.05) is 0 Å². The zero-order chi connectivity index (χ0) is 12.5. The Hall–Kier alpha value is -1.41. The van der Waals surface area contributed by atoms with E-state index in [1.165, 1.54) is 0 Å². The topological polar surface area (TPSA) is 33.1 Å². The molecular formula is C15H19NO. The Balaban J connectivity index is 2.70. The van der Waals surface area contributed by atoms with Crippen molar-refractivity contribution in [3.63, 3.8) is 0 Å². The van der Waals surface area contributed by atoms with E-state index in [0.29, 0.717) is 6.42 Å². The first-order valence-electron chi connectivity index (χ1n) is 6.16. The lowest BCUT2D eigenvalue weighted by Gasteiger charge is -2.32. The fraction of sp³-hybridized carbons (Fsp3) is 0.400. The molecule has 0 aliphatic heterocycles. The highest BCUT2D eigenvalue weighted by Crippen LogP contribution is 2.36. The predicted molar refractivity (Wildman–Crippen MR) is 70.8 cm³/mol. The summed E-state index contributed by atoms with van der Waals surface area (Å²) < 4.78 is 0.